The van der Waals surface area contributed by atoms with Crippen LogP contribution in [0, 0.1) is 0 Å². The lowest BCUT2D eigenvalue weighted by Crippen LogP contribution is -2.40. The number of esters is 1. The summed E-state index contributed by atoms with van der Waals surface area (Å²) < 4.78 is 15.1. The van der Waals surface area contributed by atoms with Crippen LogP contribution in [0.2, 0.25) is 10.0 Å². The van der Waals surface area contributed by atoms with Crippen LogP contribution in [-0.4, -0.2) is 17.1 Å². The topological polar surface area (TPSA) is 69.9 Å². The van der Waals surface area contributed by atoms with Crippen LogP contribution >= 0.6 is 66.4 Å². The van der Waals surface area contributed by atoms with E-state index < -0.39 is 12.0 Å². The van der Waals surface area contributed by atoms with Crippen LogP contribution < -0.4 is 19.6 Å². The number of rotatable bonds is 10. The second kappa shape index (κ2) is 15.0. The van der Waals surface area contributed by atoms with Crippen molar-refractivity contribution in [1.29, 1.82) is 0 Å². The monoisotopic (exact) mass is 804 g/mol. The first kappa shape index (κ1) is 34.6. The average Bonchev–Trinajstić information content (AvgIpc) is 3.31. The fourth-order valence-electron chi connectivity index (χ4n) is 5.24. The number of hydrogen-bond donors (Lipinski definition) is 0. The van der Waals surface area contributed by atoms with Crippen LogP contribution in [0.4, 0.5) is 0 Å². The Morgan fingerprint density at radius 2 is 1.76 bits per heavy atom. The fourth-order valence-corrected chi connectivity index (χ4v) is 8.17. The largest absolute Gasteiger partial charge is 0.486 e. The first-order valence-corrected chi connectivity index (χ1v) is 18.1. The molecule has 5 rings (SSSR count). The summed E-state index contributed by atoms with van der Waals surface area (Å²) in [5.74, 6) is 0.487. The van der Waals surface area contributed by atoms with E-state index in [2.05, 4.69) is 57.8 Å². The number of hydrogen-bond acceptors (Lipinski definition) is 6. The number of allylic oxidation sites excluding steroid dienone is 1. The highest BCUT2D eigenvalue weighted by Gasteiger charge is 2.34. The van der Waals surface area contributed by atoms with Gasteiger partial charge in [0.1, 0.15) is 12.4 Å². The molecule has 11 heteroatoms. The van der Waals surface area contributed by atoms with Gasteiger partial charge in [-0.05, 0) is 98.2 Å². The summed E-state index contributed by atoms with van der Waals surface area (Å²) in [4.78, 5) is 33.0. The van der Waals surface area contributed by atoms with Crippen molar-refractivity contribution in [2.45, 2.75) is 59.1 Å². The highest BCUT2D eigenvalue weighted by molar-refractivity contribution is 9.11. The van der Waals surface area contributed by atoms with Gasteiger partial charge in [-0.2, -0.15) is 0 Å². The van der Waals surface area contributed by atoms with Gasteiger partial charge >= 0.3 is 5.97 Å². The van der Waals surface area contributed by atoms with Gasteiger partial charge < -0.3 is 9.47 Å². The molecule has 6 nitrogen and oxygen atoms in total. The Hall–Kier alpha value is -2.69. The van der Waals surface area contributed by atoms with Crippen LogP contribution in [0.5, 0.6) is 5.75 Å². The summed E-state index contributed by atoms with van der Waals surface area (Å²) in [5, 5.41) is 1.08. The van der Waals surface area contributed by atoms with Crippen LogP contribution in [0.25, 0.3) is 6.08 Å². The number of halogens is 4. The van der Waals surface area contributed by atoms with Crippen LogP contribution in [0.1, 0.15) is 74.8 Å². The Balaban J connectivity index is 1.58. The number of ether oxygens (including phenoxy) is 2. The number of aromatic nitrogens is 1. The van der Waals surface area contributed by atoms with Crippen molar-refractivity contribution in [2.75, 3.05) is 6.61 Å². The molecule has 4 aromatic rings. The lowest BCUT2D eigenvalue weighted by molar-refractivity contribution is -0.139. The Morgan fingerprint density at radius 3 is 2.37 bits per heavy atom. The minimum atomic E-state index is -0.658. The number of benzene rings is 3. The molecule has 0 saturated heterocycles. The van der Waals surface area contributed by atoms with Gasteiger partial charge in [-0.15, -0.1) is 0 Å². The van der Waals surface area contributed by atoms with E-state index in [-0.39, 0.29) is 18.8 Å². The molecule has 1 atom stereocenters. The molecule has 0 aliphatic carbocycles. The fraction of sp³-hybridized carbons (Fsp3) is 0.286. The minimum Gasteiger partial charge on any atom is -0.486 e. The average molecular weight is 807 g/mol. The molecule has 0 amide bonds. The van der Waals surface area contributed by atoms with E-state index in [0.29, 0.717) is 57.7 Å². The zero-order valence-corrected chi connectivity index (χ0v) is 31.2. The van der Waals surface area contributed by atoms with Crippen LogP contribution in [-0.2, 0) is 16.1 Å². The van der Waals surface area contributed by atoms with Crippen molar-refractivity contribution in [3.8, 4) is 5.75 Å². The van der Waals surface area contributed by atoms with E-state index in [0.717, 1.165) is 23.1 Å². The van der Waals surface area contributed by atoms with Crippen molar-refractivity contribution in [1.82, 2.24) is 4.57 Å². The molecule has 0 N–H and O–H groups in total. The number of carbonyl (C=O) groups excluding carboxylic acids is 1. The quantitative estimate of drug-likeness (QED) is 0.150. The first-order chi connectivity index (χ1) is 22.0. The maximum absolute atomic E-state index is 14.2. The number of carbonyl (C=O) groups is 1. The Bertz CT molecular complexity index is 1980. The third-order valence-corrected chi connectivity index (χ3v) is 10.3. The highest BCUT2D eigenvalue weighted by Crippen LogP contribution is 2.37. The maximum atomic E-state index is 14.2. The minimum absolute atomic E-state index is 0.224. The predicted octanol–water partition coefficient (Wildman–Crippen LogP) is 9.11. The molecule has 0 radical (unpaired) electrons. The van der Waals surface area contributed by atoms with Crippen molar-refractivity contribution in [2.24, 2.45) is 4.99 Å². The molecular formula is C35H32Br2Cl2N2O4S. The van der Waals surface area contributed by atoms with Crippen molar-refractivity contribution < 1.29 is 14.3 Å². The van der Waals surface area contributed by atoms with Crippen LogP contribution in [0.3, 0.4) is 0 Å². The van der Waals surface area contributed by atoms with Crippen molar-refractivity contribution in [3.63, 3.8) is 0 Å². The molecule has 1 aliphatic rings. The number of fused-ring (bicyclic) bond motifs is 1. The second-order valence-electron chi connectivity index (χ2n) is 11.1. The van der Waals surface area contributed by atoms with E-state index in [1.54, 1.807) is 23.6 Å². The van der Waals surface area contributed by atoms with Gasteiger partial charge in [0.05, 0.1) is 37.4 Å². The Labute approximate surface area is 298 Å². The molecule has 240 valence electrons. The molecular weight excluding hydrogens is 775 g/mol. The number of thiazole rings is 1. The molecule has 0 bridgehead atoms. The molecule has 1 aromatic heterocycles. The first-order valence-electron chi connectivity index (χ1n) is 14.9. The standard InChI is InChI=1S/C35H32Br2Cl2N2O4S/c1-5-7-28-30(34(43)44-6-2)31(22-10-8-21(9-11-22)19(3)4)41-33(42)29(46-35(41)40-28)16-20-14-25(36)32(26(37)15-20)45-18-23-12-13-24(38)17-27(23)39/h8-17,19,31H,5-7,18H2,1-4H3/b29-16-/t31-/m1/s1. The SMILES string of the molecule is CCCC1=C(C(=O)OCC)[C@@H](c2ccc(C(C)C)cc2)n2c(s/c(=C\c3cc(Br)c(OCc4ccc(Cl)cc4Cl)c(Br)c3)c2=O)=N1. The summed E-state index contributed by atoms with van der Waals surface area (Å²) in [6.45, 7) is 8.55. The van der Waals surface area contributed by atoms with Gasteiger partial charge in [0.25, 0.3) is 5.56 Å². The lowest BCUT2D eigenvalue weighted by Gasteiger charge is -2.26. The van der Waals surface area contributed by atoms with Crippen LogP contribution in [0.15, 0.2) is 84.6 Å². The molecule has 1 aliphatic heterocycles. The predicted molar refractivity (Wildman–Crippen MR) is 193 cm³/mol. The molecule has 0 saturated carbocycles. The third kappa shape index (κ3) is 7.39. The van der Waals surface area contributed by atoms with E-state index in [1.165, 1.54) is 16.9 Å². The Kier molecular flexibility index (Phi) is 11.3. The smallest absolute Gasteiger partial charge is 0.338 e. The maximum Gasteiger partial charge on any atom is 0.338 e. The molecule has 0 unspecified atom stereocenters. The van der Waals surface area contributed by atoms with E-state index >= 15 is 0 Å². The summed E-state index contributed by atoms with van der Waals surface area (Å²) in [5.41, 5.74) is 4.41. The summed E-state index contributed by atoms with van der Waals surface area (Å²) >= 11 is 20.9. The van der Waals surface area contributed by atoms with Crippen molar-refractivity contribution >= 4 is 78.4 Å². The van der Waals surface area contributed by atoms with Gasteiger partial charge in [0.2, 0.25) is 0 Å². The van der Waals surface area contributed by atoms with Gasteiger partial charge in [0.15, 0.2) is 4.80 Å². The van der Waals surface area contributed by atoms with Gasteiger partial charge in [-0.1, -0.05) is 92.1 Å². The molecule has 2 heterocycles. The lowest BCUT2D eigenvalue weighted by atomic mass is 9.92. The van der Waals surface area contributed by atoms with E-state index in [4.69, 9.17) is 37.7 Å². The van der Waals surface area contributed by atoms with Gasteiger partial charge in [-0.25, -0.2) is 9.79 Å². The molecule has 3 aromatic carbocycles. The summed E-state index contributed by atoms with van der Waals surface area (Å²) in [6.07, 6.45) is 3.20. The molecule has 0 spiro atoms. The van der Waals surface area contributed by atoms with E-state index in [9.17, 15) is 9.59 Å². The molecule has 46 heavy (non-hydrogen) atoms. The van der Waals surface area contributed by atoms with Crippen molar-refractivity contribution in [3.05, 3.63) is 127 Å². The zero-order valence-electron chi connectivity index (χ0n) is 25.7. The Morgan fingerprint density at radius 1 is 1.07 bits per heavy atom. The third-order valence-electron chi connectivity index (χ3n) is 7.52. The molecule has 0 fully saturated rings. The number of nitrogens with zero attached hydrogens (tertiary/aromatic N) is 2. The van der Waals surface area contributed by atoms with Gasteiger partial charge in [-0.3, -0.25) is 9.36 Å². The zero-order chi connectivity index (χ0) is 33.1. The summed E-state index contributed by atoms with van der Waals surface area (Å²) in [7, 11) is 0. The van der Waals surface area contributed by atoms with E-state index in [1.807, 2.05) is 43.3 Å². The highest BCUT2D eigenvalue weighted by atomic mass is 79.9. The normalized spacial score (nSPS) is 14.8. The summed E-state index contributed by atoms with van der Waals surface area (Å²) in [6, 6.07) is 16.5. The second-order valence-corrected chi connectivity index (χ2v) is 14.6. The van der Waals surface area contributed by atoms with Gasteiger partial charge in [0, 0.05) is 15.6 Å².